The number of aryl methyl sites for hydroxylation is 2. The number of carbonyl (C=O) groups excluding carboxylic acids is 1. The van der Waals surface area contributed by atoms with Crippen LogP contribution in [-0.2, 0) is 17.7 Å². The average molecular weight is 315 g/mol. The summed E-state index contributed by atoms with van der Waals surface area (Å²) >= 11 is 0. The van der Waals surface area contributed by atoms with Crippen LogP contribution in [0.3, 0.4) is 0 Å². The van der Waals surface area contributed by atoms with Gasteiger partial charge in [0.05, 0.1) is 7.11 Å². The Hall–Kier alpha value is -1.79. The molecule has 1 aromatic rings. The van der Waals surface area contributed by atoms with Crippen molar-refractivity contribution in [3.05, 3.63) is 29.3 Å². The highest BCUT2D eigenvalue weighted by atomic mass is 35.5. The summed E-state index contributed by atoms with van der Waals surface area (Å²) in [6.45, 7) is 4.12. The number of urea groups is 1. The van der Waals surface area contributed by atoms with Crippen LogP contribution in [0.1, 0.15) is 25.0 Å². The number of nitrogens with one attached hydrogen (secondary N) is 3. The van der Waals surface area contributed by atoms with Crippen molar-refractivity contribution < 1.29 is 9.63 Å². The molecule has 0 atom stereocenters. The second-order valence-electron chi connectivity index (χ2n) is 4.12. The van der Waals surface area contributed by atoms with Crippen molar-refractivity contribution in [3.8, 4) is 0 Å². The van der Waals surface area contributed by atoms with Crippen molar-refractivity contribution in [1.29, 1.82) is 0 Å². The number of carbonyl (C=O) groups is 1. The van der Waals surface area contributed by atoms with E-state index in [-0.39, 0.29) is 24.4 Å². The van der Waals surface area contributed by atoms with E-state index in [1.807, 2.05) is 18.2 Å². The molecule has 1 rings (SSSR count). The first-order valence-electron chi connectivity index (χ1n) is 6.60. The molecule has 6 nitrogen and oxygen atoms in total. The standard InChI is InChI=1S/C14H22N4O2.ClH/c1-5-10-8-7-9-11(6-2)12(10)16-14(19)17-13(15-3)18-20-4;/h7-9H,5-6H2,1-4H3,(H3,15,16,17,18,19);1H. The molecule has 0 spiro atoms. The van der Waals surface area contributed by atoms with Crippen LogP contribution < -0.4 is 16.1 Å². The van der Waals surface area contributed by atoms with Crippen LogP contribution in [0, 0.1) is 0 Å². The minimum Gasteiger partial charge on any atom is -0.307 e. The van der Waals surface area contributed by atoms with Crippen LogP contribution >= 0.6 is 12.4 Å². The Morgan fingerprint density at radius 1 is 1.24 bits per heavy atom. The van der Waals surface area contributed by atoms with Crippen molar-refractivity contribution in [2.75, 3.05) is 19.5 Å². The summed E-state index contributed by atoms with van der Waals surface area (Å²) < 4.78 is 0. The highest BCUT2D eigenvalue weighted by molar-refractivity contribution is 6.02. The van der Waals surface area contributed by atoms with Gasteiger partial charge in [0, 0.05) is 12.7 Å². The smallest absolute Gasteiger partial charge is 0.307 e. The van der Waals surface area contributed by atoms with Gasteiger partial charge in [0.25, 0.3) is 0 Å². The van der Waals surface area contributed by atoms with E-state index in [2.05, 4.69) is 35.0 Å². The first-order valence-corrected chi connectivity index (χ1v) is 6.60. The molecule has 0 saturated carbocycles. The van der Waals surface area contributed by atoms with E-state index in [1.165, 1.54) is 7.11 Å². The predicted molar refractivity (Wildman–Crippen MR) is 88.1 cm³/mol. The molecule has 0 radical (unpaired) electrons. The molecule has 118 valence electrons. The van der Waals surface area contributed by atoms with Crippen LogP contribution in [0.2, 0.25) is 0 Å². The van der Waals surface area contributed by atoms with Gasteiger partial charge in [-0.25, -0.2) is 10.3 Å². The molecule has 2 amide bonds. The number of nitrogens with zero attached hydrogens (tertiary/aromatic N) is 1. The number of hydrogen-bond acceptors (Lipinski definition) is 3. The predicted octanol–water partition coefficient (Wildman–Crippen LogP) is 2.49. The maximum Gasteiger partial charge on any atom is 0.326 e. The number of benzene rings is 1. The van der Waals surface area contributed by atoms with Gasteiger partial charge >= 0.3 is 6.03 Å². The largest absolute Gasteiger partial charge is 0.326 e. The van der Waals surface area contributed by atoms with Gasteiger partial charge in [0.1, 0.15) is 0 Å². The Morgan fingerprint density at radius 3 is 2.24 bits per heavy atom. The molecule has 0 saturated heterocycles. The summed E-state index contributed by atoms with van der Waals surface area (Å²) in [4.78, 5) is 20.6. The Bertz CT molecular complexity index is 470. The SMILES string of the molecule is CCc1cccc(CC)c1NC(=O)NC(=NC)NOC.Cl. The minimum atomic E-state index is -0.356. The lowest BCUT2D eigenvalue weighted by Gasteiger charge is -2.15. The Balaban J connectivity index is 0.00000400. The van der Waals surface area contributed by atoms with Gasteiger partial charge in [-0.05, 0) is 24.0 Å². The van der Waals surface area contributed by atoms with Crippen LogP contribution in [0.15, 0.2) is 23.2 Å². The van der Waals surface area contributed by atoms with Gasteiger partial charge in [0.15, 0.2) is 0 Å². The topological polar surface area (TPSA) is 74.8 Å². The lowest BCUT2D eigenvalue weighted by atomic mass is 10.0. The lowest BCUT2D eigenvalue weighted by molar-refractivity contribution is 0.141. The zero-order chi connectivity index (χ0) is 15.0. The van der Waals surface area contributed by atoms with Crippen molar-refractivity contribution >= 4 is 30.1 Å². The molecule has 0 aliphatic carbocycles. The van der Waals surface area contributed by atoms with E-state index in [0.717, 1.165) is 29.7 Å². The third kappa shape index (κ3) is 5.61. The molecule has 0 bridgehead atoms. The van der Waals surface area contributed by atoms with E-state index in [4.69, 9.17) is 4.84 Å². The Kier molecular flexibility index (Phi) is 9.16. The number of anilines is 1. The molecule has 0 aromatic heterocycles. The van der Waals surface area contributed by atoms with Gasteiger partial charge in [-0.3, -0.25) is 15.1 Å². The molecular formula is C14H23ClN4O2. The second kappa shape index (κ2) is 10.0. The highest BCUT2D eigenvalue weighted by Crippen LogP contribution is 2.22. The van der Waals surface area contributed by atoms with Crippen LogP contribution in [-0.4, -0.2) is 26.1 Å². The summed E-state index contributed by atoms with van der Waals surface area (Å²) in [7, 11) is 3.01. The highest BCUT2D eigenvalue weighted by Gasteiger charge is 2.11. The monoisotopic (exact) mass is 314 g/mol. The van der Waals surface area contributed by atoms with Crippen LogP contribution in [0.4, 0.5) is 10.5 Å². The average Bonchev–Trinajstić information content (AvgIpc) is 2.46. The maximum absolute atomic E-state index is 12.0. The van der Waals surface area contributed by atoms with Gasteiger partial charge < -0.3 is 5.32 Å². The summed E-state index contributed by atoms with van der Waals surface area (Å²) in [5.41, 5.74) is 5.56. The van der Waals surface area contributed by atoms with E-state index in [0.29, 0.717) is 0 Å². The van der Waals surface area contributed by atoms with Crippen molar-refractivity contribution in [2.24, 2.45) is 4.99 Å². The third-order valence-electron chi connectivity index (χ3n) is 2.89. The van der Waals surface area contributed by atoms with Crippen LogP contribution in [0.5, 0.6) is 0 Å². The van der Waals surface area contributed by atoms with E-state index >= 15 is 0 Å². The van der Waals surface area contributed by atoms with Gasteiger partial charge in [-0.1, -0.05) is 32.0 Å². The second-order valence-corrected chi connectivity index (χ2v) is 4.12. The van der Waals surface area contributed by atoms with Crippen LogP contribution in [0.25, 0.3) is 0 Å². The number of aliphatic imine (C=N–C) groups is 1. The number of rotatable bonds is 4. The summed E-state index contributed by atoms with van der Waals surface area (Å²) in [5, 5.41) is 5.46. The van der Waals surface area contributed by atoms with Gasteiger partial charge in [-0.15, -0.1) is 12.4 Å². The molecule has 0 aliphatic rings. The van der Waals surface area contributed by atoms with Gasteiger partial charge in [0.2, 0.25) is 5.96 Å². The number of hydrogen-bond donors (Lipinski definition) is 3. The van der Waals surface area contributed by atoms with Crippen molar-refractivity contribution in [2.45, 2.75) is 26.7 Å². The third-order valence-corrected chi connectivity index (χ3v) is 2.89. The fourth-order valence-electron chi connectivity index (χ4n) is 1.88. The molecule has 0 unspecified atom stereocenters. The summed E-state index contributed by atoms with van der Waals surface area (Å²) in [6.07, 6.45) is 1.71. The molecular weight excluding hydrogens is 292 g/mol. The molecule has 3 N–H and O–H groups in total. The van der Waals surface area contributed by atoms with Crippen molar-refractivity contribution in [1.82, 2.24) is 10.8 Å². The Labute approximate surface area is 131 Å². The minimum absolute atomic E-state index is 0. The zero-order valence-corrected chi connectivity index (χ0v) is 13.6. The van der Waals surface area contributed by atoms with E-state index in [1.54, 1.807) is 7.05 Å². The molecule has 7 heteroatoms. The molecule has 0 fully saturated rings. The van der Waals surface area contributed by atoms with E-state index in [9.17, 15) is 4.79 Å². The first-order chi connectivity index (χ1) is 9.65. The quantitative estimate of drug-likeness (QED) is 0.454. The number of para-hydroxylation sites is 1. The fourth-order valence-corrected chi connectivity index (χ4v) is 1.88. The number of hydroxylamine groups is 1. The molecule has 21 heavy (non-hydrogen) atoms. The van der Waals surface area contributed by atoms with Gasteiger partial charge in [-0.2, -0.15) is 0 Å². The zero-order valence-electron chi connectivity index (χ0n) is 12.8. The first kappa shape index (κ1) is 19.2. The number of amides is 2. The normalized spacial score (nSPS) is 10.6. The number of halogens is 1. The number of guanidine groups is 1. The maximum atomic E-state index is 12.0. The van der Waals surface area contributed by atoms with E-state index < -0.39 is 0 Å². The Morgan fingerprint density at radius 2 is 1.81 bits per heavy atom. The summed E-state index contributed by atoms with van der Waals surface area (Å²) in [6, 6.07) is 5.67. The summed E-state index contributed by atoms with van der Waals surface area (Å²) in [5.74, 6) is 0.247. The fraction of sp³-hybridized carbons (Fsp3) is 0.429. The van der Waals surface area contributed by atoms with Crippen molar-refractivity contribution in [3.63, 3.8) is 0 Å². The lowest BCUT2D eigenvalue weighted by Crippen LogP contribution is -2.42. The molecule has 1 aromatic carbocycles. The molecule has 0 heterocycles. The molecule has 0 aliphatic heterocycles.